The van der Waals surface area contributed by atoms with E-state index in [-0.39, 0.29) is 28.9 Å². The van der Waals surface area contributed by atoms with Crippen LogP contribution < -0.4 is 10.5 Å². The Morgan fingerprint density at radius 1 is 1.00 bits per heavy atom. The number of ether oxygens (including phenoxy) is 1. The van der Waals surface area contributed by atoms with Crippen molar-refractivity contribution >= 4 is 29.2 Å². The zero-order valence-electron chi connectivity index (χ0n) is 17.7. The number of hydrogen-bond acceptors (Lipinski definition) is 6. The smallest absolute Gasteiger partial charge is 0.339 e. The highest BCUT2D eigenvalue weighted by Gasteiger charge is 2.34. The molecule has 1 amide bonds. The molecule has 33 heavy (non-hydrogen) atoms. The van der Waals surface area contributed by atoms with Gasteiger partial charge in [0.15, 0.2) is 0 Å². The number of cyclic esters (lactones) is 1. The molecule has 0 radical (unpaired) electrons. The first-order chi connectivity index (χ1) is 16.0. The highest BCUT2D eigenvalue weighted by atomic mass is 35.5. The van der Waals surface area contributed by atoms with Gasteiger partial charge in [-0.05, 0) is 18.2 Å². The molecular weight excluding hydrogens is 444 g/mol. The van der Waals surface area contributed by atoms with Crippen LogP contribution in [0.5, 0.6) is 0 Å². The van der Waals surface area contributed by atoms with Crippen molar-refractivity contribution in [1.82, 2.24) is 14.7 Å². The van der Waals surface area contributed by atoms with E-state index < -0.39 is 6.10 Å². The molecule has 1 saturated heterocycles. The fraction of sp³-hybridized carbons (Fsp3) is 0.250. The van der Waals surface area contributed by atoms with Crippen molar-refractivity contribution in [3.8, 4) is 5.69 Å². The standard InChI is InChI=1S/C24H21ClN4O4/c25-22-19(15-26-29(23(22)31)16-6-2-1-3-7-16)27-10-12-28(13-11-27)21(30)14-20-17-8-4-5-9-18(17)24(32)33-20/h1-9,15,20H,10-14H2/t20-/m1/s1. The summed E-state index contributed by atoms with van der Waals surface area (Å²) in [6.45, 7) is 1.98. The summed E-state index contributed by atoms with van der Waals surface area (Å²) in [6, 6.07) is 16.2. The van der Waals surface area contributed by atoms with Crippen molar-refractivity contribution in [2.45, 2.75) is 12.5 Å². The second kappa shape index (κ2) is 8.71. The Hall–Kier alpha value is -3.65. The third kappa shape index (κ3) is 3.98. The summed E-state index contributed by atoms with van der Waals surface area (Å²) in [4.78, 5) is 41.3. The van der Waals surface area contributed by atoms with Crippen molar-refractivity contribution < 1.29 is 14.3 Å². The van der Waals surface area contributed by atoms with Gasteiger partial charge in [0.05, 0.1) is 29.6 Å². The van der Waals surface area contributed by atoms with Gasteiger partial charge in [0.2, 0.25) is 5.91 Å². The normalized spacial score (nSPS) is 17.6. The lowest BCUT2D eigenvalue weighted by Gasteiger charge is -2.36. The minimum Gasteiger partial charge on any atom is -0.453 e. The summed E-state index contributed by atoms with van der Waals surface area (Å²) >= 11 is 6.41. The fourth-order valence-corrected chi connectivity index (χ4v) is 4.50. The molecule has 1 aromatic heterocycles. The van der Waals surface area contributed by atoms with Gasteiger partial charge in [-0.1, -0.05) is 48.0 Å². The van der Waals surface area contributed by atoms with Crippen molar-refractivity contribution in [2.24, 2.45) is 0 Å². The molecule has 3 aromatic rings. The highest BCUT2D eigenvalue weighted by molar-refractivity contribution is 6.33. The Morgan fingerprint density at radius 2 is 1.70 bits per heavy atom. The lowest BCUT2D eigenvalue weighted by atomic mass is 10.0. The van der Waals surface area contributed by atoms with Crippen LogP contribution >= 0.6 is 11.6 Å². The first kappa shape index (κ1) is 21.2. The zero-order chi connectivity index (χ0) is 22.9. The minimum absolute atomic E-state index is 0.0760. The molecule has 9 heteroatoms. The number of benzene rings is 2. The number of carbonyl (C=O) groups excluding carboxylic acids is 2. The Labute approximate surface area is 194 Å². The fourth-order valence-electron chi connectivity index (χ4n) is 4.25. The van der Waals surface area contributed by atoms with Gasteiger partial charge in [-0.3, -0.25) is 9.59 Å². The van der Waals surface area contributed by atoms with Crippen molar-refractivity contribution in [1.29, 1.82) is 0 Å². The number of fused-ring (bicyclic) bond motifs is 1. The second-order valence-corrected chi connectivity index (χ2v) is 8.33. The molecule has 0 spiro atoms. The van der Waals surface area contributed by atoms with Gasteiger partial charge in [-0.25, -0.2) is 4.79 Å². The van der Waals surface area contributed by atoms with Gasteiger partial charge in [0, 0.05) is 31.7 Å². The average Bonchev–Trinajstić information content (AvgIpc) is 3.17. The van der Waals surface area contributed by atoms with Gasteiger partial charge in [-0.2, -0.15) is 9.78 Å². The average molecular weight is 465 g/mol. The van der Waals surface area contributed by atoms with E-state index in [1.807, 2.05) is 35.2 Å². The Balaban J connectivity index is 1.24. The predicted octanol–water partition coefficient (Wildman–Crippen LogP) is 2.84. The van der Waals surface area contributed by atoms with Gasteiger partial charge < -0.3 is 14.5 Å². The molecule has 0 N–H and O–H groups in total. The maximum absolute atomic E-state index is 12.9. The number of carbonyl (C=O) groups is 2. The largest absolute Gasteiger partial charge is 0.453 e. The third-order valence-electron chi connectivity index (χ3n) is 6.01. The van der Waals surface area contributed by atoms with Crippen molar-refractivity contribution in [3.63, 3.8) is 0 Å². The van der Waals surface area contributed by atoms with Crippen LogP contribution in [0.2, 0.25) is 5.02 Å². The molecule has 1 atom stereocenters. The van der Waals surface area contributed by atoms with Crippen LogP contribution in [0.25, 0.3) is 5.69 Å². The minimum atomic E-state index is -0.552. The number of aromatic nitrogens is 2. The third-order valence-corrected chi connectivity index (χ3v) is 6.37. The molecule has 2 aromatic carbocycles. The first-order valence-electron chi connectivity index (χ1n) is 10.7. The Morgan fingerprint density at radius 3 is 2.45 bits per heavy atom. The van der Waals surface area contributed by atoms with Gasteiger partial charge in [0.25, 0.3) is 5.56 Å². The molecule has 3 heterocycles. The van der Waals surface area contributed by atoms with Crippen LogP contribution in [-0.4, -0.2) is 52.7 Å². The monoisotopic (exact) mass is 464 g/mol. The number of piperazine rings is 1. The van der Waals surface area contributed by atoms with E-state index >= 15 is 0 Å². The second-order valence-electron chi connectivity index (χ2n) is 7.95. The zero-order valence-corrected chi connectivity index (χ0v) is 18.4. The number of rotatable bonds is 4. The number of halogens is 1. The van der Waals surface area contributed by atoms with Crippen LogP contribution in [0.1, 0.15) is 28.4 Å². The first-order valence-corrected chi connectivity index (χ1v) is 11.1. The van der Waals surface area contributed by atoms with Crippen LogP contribution in [0.4, 0.5) is 5.69 Å². The van der Waals surface area contributed by atoms with E-state index in [2.05, 4.69) is 5.10 Å². The van der Waals surface area contributed by atoms with Gasteiger partial charge in [0.1, 0.15) is 11.1 Å². The molecule has 0 unspecified atom stereocenters. The number of hydrogen-bond donors (Lipinski definition) is 0. The van der Waals surface area contributed by atoms with Gasteiger partial charge >= 0.3 is 5.97 Å². The quantitative estimate of drug-likeness (QED) is 0.552. The maximum atomic E-state index is 12.9. The van der Waals surface area contributed by atoms with Crippen LogP contribution in [0.15, 0.2) is 65.6 Å². The number of amides is 1. The summed E-state index contributed by atoms with van der Waals surface area (Å²) in [7, 11) is 0. The van der Waals surface area contributed by atoms with Crippen LogP contribution in [0.3, 0.4) is 0 Å². The van der Waals surface area contributed by atoms with Crippen molar-refractivity contribution in [3.05, 3.63) is 87.3 Å². The Kier molecular flexibility index (Phi) is 5.60. The van der Waals surface area contributed by atoms with E-state index in [1.165, 1.54) is 4.68 Å². The summed E-state index contributed by atoms with van der Waals surface area (Å²) in [5, 5.41) is 4.38. The molecule has 5 rings (SSSR count). The predicted molar refractivity (Wildman–Crippen MR) is 123 cm³/mol. The van der Waals surface area contributed by atoms with E-state index in [0.717, 1.165) is 5.56 Å². The molecule has 0 bridgehead atoms. The number of anilines is 1. The van der Waals surface area contributed by atoms with Gasteiger partial charge in [-0.15, -0.1) is 0 Å². The Bertz CT molecular complexity index is 1270. The molecule has 2 aliphatic heterocycles. The van der Waals surface area contributed by atoms with E-state index in [9.17, 15) is 14.4 Å². The molecule has 168 valence electrons. The van der Waals surface area contributed by atoms with E-state index in [4.69, 9.17) is 16.3 Å². The summed E-state index contributed by atoms with van der Waals surface area (Å²) < 4.78 is 6.67. The number of para-hydroxylation sites is 1. The van der Waals surface area contributed by atoms with Crippen LogP contribution in [0, 0.1) is 0 Å². The van der Waals surface area contributed by atoms with Crippen LogP contribution in [-0.2, 0) is 9.53 Å². The molecule has 0 aliphatic carbocycles. The summed E-state index contributed by atoms with van der Waals surface area (Å²) in [6.07, 6.45) is 1.14. The number of esters is 1. The lowest BCUT2D eigenvalue weighted by Crippen LogP contribution is -2.49. The maximum Gasteiger partial charge on any atom is 0.339 e. The molecule has 2 aliphatic rings. The van der Waals surface area contributed by atoms with E-state index in [0.29, 0.717) is 43.1 Å². The highest BCUT2D eigenvalue weighted by Crippen LogP contribution is 2.33. The molecule has 0 saturated carbocycles. The molecule has 8 nitrogen and oxygen atoms in total. The number of nitrogens with zero attached hydrogens (tertiary/aromatic N) is 4. The SMILES string of the molecule is O=C1O[C@H](CC(=O)N2CCN(c3cnn(-c4ccccc4)c(=O)c3Cl)CC2)c2ccccc21. The molecule has 1 fully saturated rings. The van der Waals surface area contributed by atoms with Crippen molar-refractivity contribution in [2.75, 3.05) is 31.1 Å². The summed E-state index contributed by atoms with van der Waals surface area (Å²) in [5.41, 5.74) is 2.08. The molecular formula is C24H21ClN4O4. The van der Waals surface area contributed by atoms with E-state index in [1.54, 1.807) is 35.4 Å². The topological polar surface area (TPSA) is 84.7 Å². The summed E-state index contributed by atoms with van der Waals surface area (Å²) in [5.74, 6) is -0.464. The lowest BCUT2D eigenvalue weighted by molar-refractivity contribution is -0.133.